The Labute approximate surface area is 104 Å². The molecule has 0 radical (unpaired) electrons. The first-order valence-electron chi connectivity index (χ1n) is 6.74. The van der Waals surface area contributed by atoms with Crippen LogP contribution in [-0.2, 0) is 12.8 Å². The molecular formula is C15H22N2. The Kier molecular flexibility index (Phi) is 2.93. The van der Waals surface area contributed by atoms with Crippen molar-refractivity contribution in [1.82, 2.24) is 10.4 Å². The van der Waals surface area contributed by atoms with Crippen LogP contribution >= 0.6 is 0 Å². The van der Waals surface area contributed by atoms with Crippen molar-refractivity contribution in [2.24, 2.45) is 11.8 Å². The van der Waals surface area contributed by atoms with Crippen LogP contribution in [0.25, 0.3) is 0 Å². The van der Waals surface area contributed by atoms with Crippen LogP contribution in [0.15, 0.2) is 24.3 Å². The van der Waals surface area contributed by atoms with E-state index >= 15 is 0 Å². The molecule has 2 nitrogen and oxygen atoms in total. The maximum Gasteiger partial charge on any atom is 0.0277 e. The average molecular weight is 230 g/mol. The van der Waals surface area contributed by atoms with Crippen LogP contribution in [0.4, 0.5) is 0 Å². The topological polar surface area (TPSA) is 15.3 Å². The zero-order valence-electron chi connectivity index (χ0n) is 10.8. The van der Waals surface area contributed by atoms with Gasteiger partial charge in [-0.1, -0.05) is 24.3 Å². The van der Waals surface area contributed by atoms with Gasteiger partial charge in [0.25, 0.3) is 0 Å². The van der Waals surface area contributed by atoms with Crippen LogP contribution in [0.1, 0.15) is 24.0 Å². The average Bonchev–Trinajstić information content (AvgIpc) is 2.55. The molecular weight excluding hydrogens is 208 g/mol. The third-order valence-corrected chi connectivity index (χ3v) is 4.41. The third-order valence-electron chi connectivity index (χ3n) is 4.41. The Balaban J connectivity index is 1.87. The van der Waals surface area contributed by atoms with E-state index in [2.05, 4.69) is 48.8 Å². The molecule has 3 rings (SSSR count). The van der Waals surface area contributed by atoms with Crippen molar-refractivity contribution in [1.29, 1.82) is 0 Å². The monoisotopic (exact) mass is 230 g/mol. The normalized spacial score (nSPS) is 31.4. The number of fused-ring (bicyclic) bond motifs is 3. The van der Waals surface area contributed by atoms with Gasteiger partial charge in [0.2, 0.25) is 0 Å². The predicted octanol–water partition coefficient (Wildman–Crippen LogP) is 2.25. The molecule has 2 aliphatic carbocycles. The number of hydrogen-bond acceptors (Lipinski definition) is 2. The molecule has 1 saturated carbocycles. The summed E-state index contributed by atoms with van der Waals surface area (Å²) in [6, 6.07) is 9.70. The molecule has 1 fully saturated rings. The quantitative estimate of drug-likeness (QED) is 0.784. The predicted molar refractivity (Wildman–Crippen MR) is 70.7 cm³/mol. The fourth-order valence-corrected chi connectivity index (χ4v) is 3.66. The summed E-state index contributed by atoms with van der Waals surface area (Å²) in [4.78, 5) is 0. The summed E-state index contributed by atoms with van der Waals surface area (Å²) in [6.07, 6.45) is 5.31. The van der Waals surface area contributed by atoms with Gasteiger partial charge in [0, 0.05) is 20.1 Å². The molecule has 0 amide bonds. The van der Waals surface area contributed by atoms with Gasteiger partial charge in [-0.15, -0.1) is 0 Å². The molecule has 0 aliphatic heterocycles. The molecule has 17 heavy (non-hydrogen) atoms. The number of rotatable bonds is 2. The Morgan fingerprint density at radius 1 is 1.00 bits per heavy atom. The lowest BCUT2D eigenvalue weighted by molar-refractivity contribution is 0.185. The largest absolute Gasteiger partial charge is 0.252 e. The molecule has 1 aromatic carbocycles. The molecule has 0 saturated heterocycles. The number of nitrogens with one attached hydrogen (secondary N) is 1. The van der Waals surface area contributed by atoms with Gasteiger partial charge in [0.15, 0.2) is 0 Å². The van der Waals surface area contributed by atoms with Crippen LogP contribution in [0.5, 0.6) is 0 Å². The van der Waals surface area contributed by atoms with Crippen molar-refractivity contribution in [2.75, 3.05) is 14.1 Å². The summed E-state index contributed by atoms with van der Waals surface area (Å²) in [5.74, 6) is 1.65. The summed E-state index contributed by atoms with van der Waals surface area (Å²) < 4.78 is 0. The van der Waals surface area contributed by atoms with E-state index in [1.807, 2.05) is 0 Å². The van der Waals surface area contributed by atoms with Crippen LogP contribution in [-0.4, -0.2) is 25.1 Å². The van der Waals surface area contributed by atoms with Crippen LogP contribution in [0.3, 0.4) is 0 Å². The van der Waals surface area contributed by atoms with E-state index in [1.165, 1.54) is 25.7 Å². The van der Waals surface area contributed by atoms with Crippen molar-refractivity contribution in [3.63, 3.8) is 0 Å². The van der Waals surface area contributed by atoms with Crippen LogP contribution in [0, 0.1) is 11.8 Å². The number of hydrazine groups is 1. The second-order valence-corrected chi connectivity index (χ2v) is 5.82. The first-order valence-corrected chi connectivity index (χ1v) is 6.74. The Morgan fingerprint density at radius 2 is 1.53 bits per heavy atom. The van der Waals surface area contributed by atoms with Crippen LogP contribution < -0.4 is 5.43 Å². The van der Waals surface area contributed by atoms with Crippen molar-refractivity contribution in [3.05, 3.63) is 35.4 Å². The lowest BCUT2D eigenvalue weighted by atomic mass is 9.94. The molecule has 92 valence electrons. The fourth-order valence-electron chi connectivity index (χ4n) is 3.66. The molecule has 2 atom stereocenters. The van der Waals surface area contributed by atoms with E-state index < -0.39 is 0 Å². The second kappa shape index (κ2) is 4.43. The summed E-state index contributed by atoms with van der Waals surface area (Å²) in [6.45, 7) is 0. The second-order valence-electron chi connectivity index (χ2n) is 5.82. The molecule has 0 heterocycles. The van der Waals surface area contributed by atoms with Crippen molar-refractivity contribution < 1.29 is 0 Å². The number of nitrogens with zero attached hydrogens (tertiary/aromatic N) is 1. The fraction of sp³-hybridized carbons (Fsp3) is 0.600. The first-order chi connectivity index (χ1) is 8.24. The van der Waals surface area contributed by atoms with Gasteiger partial charge in [0.05, 0.1) is 0 Å². The molecule has 2 bridgehead atoms. The number of hydrogen-bond donors (Lipinski definition) is 1. The molecule has 0 aromatic heterocycles. The summed E-state index contributed by atoms with van der Waals surface area (Å²) in [7, 11) is 4.22. The maximum atomic E-state index is 3.65. The van der Waals surface area contributed by atoms with Gasteiger partial charge in [-0.25, -0.2) is 0 Å². The van der Waals surface area contributed by atoms with Gasteiger partial charge < -0.3 is 0 Å². The van der Waals surface area contributed by atoms with Gasteiger partial charge in [-0.3, -0.25) is 10.4 Å². The zero-order chi connectivity index (χ0) is 11.8. The Morgan fingerprint density at radius 3 is 2.00 bits per heavy atom. The van der Waals surface area contributed by atoms with Crippen molar-refractivity contribution in [3.8, 4) is 0 Å². The standard InChI is InChI=1S/C15H22N2/c1-17(2)16-15-13-7-8-14(15)10-12-6-4-3-5-11(12)9-13/h3-6,13-16H,7-10H2,1-2H3. The SMILES string of the molecule is CN(C)NC1C2CCC1Cc1ccccc1C2. The lowest BCUT2D eigenvalue weighted by Crippen LogP contribution is -2.45. The molecule has 2 unspecified atom stereocenters. The summed E-state index contributed by atoms with van der Waals surface area (Å²) >= 11 is 0. The van der Waals surface area contributed by atoms with Crippen molar-refractivity contribution >= 4 is 0 Å². The maximum absolute atomic E-state index is 3.65. The third kappa shape index (κ3) is 2.12. The molecule has 2 heteroatoms. The Hall–Kier alpha value is -0.860. The Bertz CT molecular complexity index is 367. The summed E-state index contributed by atoms with van der Waals surface area (Å²) in [5.41, 5.74) is 6.83. The van der Waals surface area contributed by atoms with E-state index in [9.17, 15) is 0 Å². The van der Waals surface area contributed by atoms with E-state index in [0.717, 1.165) is 11.8 Å². The molecule has 1 aromatic rings. The van der Waals surface area contributed by atoms with E-state index in [1.54, 1.807) is 11.1 Å². The molecule has 1 N–H and O–H groups in total. The highest BCUT2D eigenvalue weighted by Crippen LogP contribution is 2.39. The van der Waals surface area contributed by atoms with E-state index in [-0.39, 0.29) is 0 Å². The highest BCUT2D eigenvalue weighted by Gasteiger charge is 2.38. The first kappa shape index (κ1) is 11.2. The highest BCUT2D eigenvalue weighted by molar-refractivity contribution is 5.30. The van der Waals surface area contributed by atoms with Gasteiger partial charge in [-0.05, 0) is 48.6 Å². The van der Waals surface area contributed by atoms with Crippen LogP contribution in [0.2, 0.25) is 0 Å². The zero-order valence-corrected chi connectivity index (χ0v) is 10.8. The number of benzene rings is 1. The summed E-state index contributed by atoms with van der Waals surface area (Å²) in [5, 5.41) is 2.13. The smallest absolute Gasteiger partial charge is 0.0277 e. The highest BCUT2D eigenvalue weighted by atomic mass is 15.5. The van der Waals surface area contributed by atoms with Gasteiger partial charge >= 0.3 is 0 Å². The minimum absolute atomic E-state index is 0.678. The molecule has 0 spiro atoms. The van der Waals surface area contributed by atoms with Gasteiger partial charge in [0.1, 0.15) is 0 Å². The van der Waals surface area contributed by atoms with E-state index in [0.29, 0.717) is 6.04 Å². The lowest BCUT2D eigenvalue weighted by Gasteiger charge is -2.27. The minimum atomic E-state index is 0.678. The van der Waals surface area contributed by atoms with Crippen molar-refractivity contribution in [2.45, 2.75) is 31.7 Å². The van der Waals surface area contributed by atoms with Gasteiger partial charge in [-0.2, -0.15) is 0 Å². The molecule has 2 aliphatic rings. The van der Waals surface area contributed by atoms with E-state index in [4.69, 9.17) is 0 Å². The minimum Gasteiger partial charge on any atom is -0.252 e.